The van der Waals surface area contributed by atoms with Gasteiger partial charge in [0.05, 0.1) is 11.6 Å². The van der Waals surface area contributed by atoms with E-state index in [1.165, 1.54) is 0 Å². The van der Waals surface area contributed by atoms with E-state index >= 15 is 0 Å². The van der Waals surface area contributed by atoms with Gasteiger partial charge in [-0.2, -0.15) is 0 Å². The zero-order chi connectivity index (χ0) is 21.3. The van der Waals surface area contributed by atoms with Crippen LogP contribution in [0.5, 0.6) is 0 Å². The van der Waals surface area contributed by atoms with Crippen molar-refractivity contribution in [1.29, 1.82) is 0 Å². The zero-order valence-corrected chi connectivity index (χ0v) is 17.5. The van der Waals surface area contributed by atoms with Gasteiger partial charge in [-0.15, -0.1) is 0 Å². The first kappa shape index (κ1) is 19.9. The normalized spacial score (nSPS) is 16.8. The third-order valence-corrected chi connectivity index (χ3v) is 5.95. The van der Waals surface area contributed by atoms with Crippen molar-refractivity contribution in [2.45, 2.75) is 38.4 Å². The Morgan fingerprint density at radius 3 is 2.13 bits per heavy atom. The summed E-state index contributed by atoms with van der Waals surface area (Å²) in [5.41, 5.74) is 2.70. The lowest BCUT2D eigenvalue weighted by Gasteiger charge is -2.40. The lowest BCUT2D eigenvalue weighted by atomic mass is 9.90. The third kappa shape index (κ3) is 3.39. The lowest BCUT2D eigenvalue weighted by Crippen LogP contribution is -2.48. The topological polar surface area (TPSA) is 49.4 Å². The summed E-state index contributed by atoms with van der Waals surface area (Å²) in [5, 5.41) is 3.12. The van der Waals surface area contributed by atoms with Gasteiger partial charge < -0.3 is 10.2 Å². The number of rotatable bonds is 5. The summed E-state index contributed by atoms with van der Waals surface area (Å²) in [6, 6.07) is 26.3. The molecule has 4 nitrogen and oxygen atoms in total. The van der Waals surface area contributed by atoms with Gasteiger partial charge in [0, 0.05) is 5.56 Å². The standard InChI is InChI=1S/C26H26N2O2/c1-18(19-12-6-4-7-13-19)27-24(29)23-21-16-10-11-17-22(21)25(30)28(23)26(2,3)20-14-8-5-9-15-20/h4-18,23H,1-3H3,(H,27,29). The Kier molecular flexibility index (Phi) is 5.17. The van der Waals surface area contributed by atoms with E-state index in [0.717, 1.165) is 16.7 Å². The number of benzene rings is 3. The van der Waals surface area contributed by atoms with Crippen LogP contribution in [0.1, 0.15) is 59.9 Å². The van der Waals surface area contributed by atoms with Crippen molar-refractivity contribution in [3.05, 3.63) is 107 Å². The lowest BCUT2D eigenvalue weighted by molar-refractivity contribution is -0.128. The Bertz CT molecular complexity index is 1060. The molecule has 2 unspecified atom stereocenters. The van der Waals surface area contributed by atoms with Crippen molar-refractivity contribution in [2.75, 3.05) is 0 Å². The minimum Gasteiger partial charge on any atom is -0.347 e. The van der Waals surface area contributed by atoms with Crippen molar-refractivity contribution in [2.24, 2.45) is 0 Å². The van der Waals surface area contributed by atoms with Gasteiger partial charge in [0.15, 0.2) is 0 Å². The molecule has 0 aliphatic carbocycles. The maximum Gasteiger partial charge on any atom is 0.255 e. The van der Waals surface area contributed by atoms with Crippen molar-refractivity contribution in [3.8, 4) is 0 Å². The molecule has 1 aliphatic rings. The second-order valence-electron chi connectivity index (χ2n) is 8.23. The van der Waals surface area contributed by atoms with Crippen molar-refractivity contribution in [1.82, 2.24) is 10.2 Å². The molecule has 3 aromatic carbocycles. The van der Waals surface area contributed by atoms with Crippen LogP contribution in [-0.2, 0) is 10.3 Å². The minimum atomic E-state index is -0.685. The van der Waals surface area contributed by atoms with E-state index in [4.69, 9.17) is 0 Å². The maximum absolute atomic E-state index is 13.5. The fourth-order valence-corrected chi connectivity index (χ4v) is 4.25. The number of carbonyl (C=O) groups is 2. The molecule has 0 aromatic heterocycles. The van der Waals surface area contributed by atoms with E-state index in [0.29, 0.717) is 5.56 Å². The third-order valence-electron chi connectivity index (χ3n) is 5.95. The monoisotopic (exact) mass is 398 g/mol. The predicted molar refractivity (Wildman–Crippen MR) is 118 cm³/mol. The molecule has 3 aromatic rings. The Labute approximate surface area is 177 Å². The highest BCUT2D eigenvalue weighted by Crippen LogP contribution is 2.43. The smallest absolute Gasteiger partial charge is 0.255 e. The molecule has 2 amide bonds. The molecular weight excluding hydrogens is 372 g/mol. The molecule has 4 rings (SSSR count). The molecule has 1 heterocycles. The number of fused-ring (bicyclic) bond motifs is 1. The van der Waals surface area contributed by atoms with Crippen molar-refractivity contribution >= 4 is 11.8 Å². The molecule has 4 heteroatoms. The van der Waals surface area contributed by atoms with Crippen LogP contribution in [0.25, 0.3) is 0 Å². The number of nitrogens with one attached hydrogen (secondary N) is 1. The zero-order valence-electron chi connectivity index (χ0n) is 17.5. The Hall–Kier alpha value is -3.40. The van der Waals surface area contributed by atoms with E-state index in [1.54, 1.807) is 11.0 Å². The summed E-state index contributed by atoms with van der Waals surface area (Å²) in [6.07, 6.45) is 0. The first-order valence-electron chi connectivity index (χ1n) is 10.2. The number of hydrogen-bond donors (Lipinski definition) is 1. The number of carbonyl (C=O) groups excluding carboxylic acids is 2. The van der Waals surface area contributed by atoms with E-state index < -0.39 is 11.6 Å². The number of hydrogen-bond acceptors (Lipinski definition) is 2. The molecular formula is C26H26N2O2. The Balaban J connectivity index is 1.72. The predicted octanol–water partition coefficient (Wildman–Crippen LogP) is 5.00. The van der Waals surface area contributed by atoms with Crippen molar-refractivity contribution in [3.63, 3.8) is 0 Å². The minimum absolute atomic E-state index is 0.119. The van der Waals surface area contributed by atoms with Gasteiger partial charge in [-0.3, -0.25) is 9.59 Å². The molecule has 2 atom stereocenters. The van der Waals surface area contributed by atoms with Gasteiger partial charge in [0.2, 0.25) is 5.91 Å². The number of nitrogens with zero attached hydrogens (tertiary/aromatic N) is 1. The van der Waals surface area contributed by atoms with Crippen LogP contribution in [-0.4, -0.2) is 16.7 Å². The summed E-state index contributed by atoms with van der Waals surface area (Å²) in [4.78, 5) is 28.7. The van der Waals surface area contributed by atoms with Gasteiger partial charge in [-0.1, -0.05) is 78.9 Å². The highest BCUT2D eigenvalue weighted by Gasteiger charge is 2.48. The molecule has 1 aliphatic heterocycles. The van der Waals surface area contributed by atoms with Crippen LogP contribution in [0.2, 0.25) is 0 Å². The molecule has 1 N–H and O–H groups in total. The van der Waals surface area contributed by atoms with Gasteiger partial charge in [-0.25, -0.2) is 0 Å². The fourth-order valence-electron chi connectivity index (χ4n) is 4.25. The van der Waals surface area contributed by atoms with Crippen molar-refractivity contribution < 1.29 is 9.59 Å². The maximum atomic E-state index is 13.5. The van der Waals surface area contributed by atoms with Gasteiger partial charge in [0.25, 0.3) is 5.91 Å². The second-order valence-corrected chi connectivity index (χ2v) is 8.23. The first-order chi connectivity index (χ1) is 14.4. The Morgan fingerprint density at radius 2 is 1.47 bits per heavy atom. The van der Waals surface area contributed by atoms with Crippen LogP contribution >= 0.6 is 0 Å². The van der Waals surface area contributed by atoms with E-state index in [2.05, 4.69) is 5.32 Å². The van der Waals surface area contributed by atoms with Gasteiger partial charge >= 0.3 is 0 Å². The largest absolute Gasteiger partial charge is 0.347 e. The molecule has 30 heavy (non-hydrogen) atoms. The average Bonchev–Trinajstić information content (AvgIpc) is 3.08. The molecule has 0 radical (unpaired) electrons. The summed E-state index contributed by atoms with van der Waals surface area (Å²) in [5.74, 6) is -0.291. The average molecular weight is 399 g/mol. The SMILES string of the molecule is CC(NC(=O)C1c2ccccc2C(=O)N1C(C)(C)c1ccccc1)c1ccccc1. The summed E-state index contributed by atoms with van der Waals surface area (Å²) in [7, 11) is 0. The highest BCUT2D eigenvalue weighted by molar-refractivity contribution is 6.05. The van der Waals surface area contributed by atoms with E-state index in [9.17, 15) is 9.59 Å². The highest BCUT2D eigenvalue weighted by atomic mass is 16.2. The fraction of sp³-hybridized carbons (Fsp3) is 0.231. The van der Waals surface area contributed by atoms with Crippen LogP contribution < -0.4 is 5.32 Å². The molecule has 0 bridgehead atoms. The molecule has 0 spiro atoms. The first-order valence-corrected chi connectivity index (χ1v) is 10.2. The van der Waals surface area contributed by atoms with Gasteiger partial charge in [0.1, 0.15) is 6.04 Å². The summed E-state index contributed by atoms with van der Waals surface area (Å²) in [6.45, 7) is 5.95. The number of amides is 2. The van der Waals surface area contributed by atoms with E-state index in [1.807, 2.05) is 99.6 Å². The van der Waals surface area contributed by atoms with Crippen LogP contribution in [0.15, 0.2) is 84.9 Å². The van der Waals surface area contributed by atoms with Gasteiger partial charge in [-0.05, 0) is 43.5 Å². The summed E-state index contributed by atoms with van der Waals surface area (Å²) < 4.78 is 0. The van der Waals surface area contributed by atoms with E-state index in [-0.39, 0.29) is 17.9 Å². The van der Waals surface area contributed by atoms with Crippen LogP contribution in [0.4, 0.5) is 0 Å². The van der Waals surface area contributed by atoms with Crippen LogP contribution in [0, 0.1) is 0 Å². The quantitative estimate of drug-likeness (QED) is 0.658. The second kappa shape index (κ2) is 7.79. The molecule has 0 saturated heterocycles. The molecule has 0 fully saturated rings. The molecule has 152 valence electrons. The Morgan fingerprint density at radius 1 is 0.900 bits per heavy atom. The molecule has 0 saturated carbocycles. The van der Waals surface area contributed by atoms with Crippen LogP contribution in [0.3, 0.4) is 0 Å². The summed E-state index contributed by atoms with van der Waals surface area (Å²) >= 11 is 0.